The largest absolute Gasteiger partial charge is 0.335 e. The molecule has 0 spiro atoms. The number of hydrogen-bond donors (Lipinski definition) is 1. The number of amides is 1. The van der Waals surface area contributed by atoms with Gasteiger partial charge in [-0.2, -0.15) is 5.10 Å². The molecule has 5 nitrogen and oxygen atoms in total. The van der Waals surface area contributed by atoms with Crippen LogP contribution in [0.5, 0.6) is 0 Å². The smallest absolute Gasteiger partial charge is 0.246 e. The van der Waals surface area contributed by atoms with Crippen LogP contribution >= 0.6 is 11.6 Å². The molecule has 0 atom stereocenters. The molecule has 1 aromatic heterocycles. The fraction of sp³-hybridized carbons (Fsp3) is 0.154. The van der Waals surface area contributed by atoms with Gasteiger partial charge >= 0.3 is 0 Å². The van der Waals surface area contributed by atoms with Gasteiger partial charge in [-0.05, 0) is 23.8 Å². The van der Waals surface area contributed by atoms with Gasteiger partial charge in [0.25, 0.3) is 0 Å². The highest BCUT2D eigenvalue weighted by Gasteiger charge is 2.07. The molecule has 1 aromatic carbocycles. The maximum Gasteiger partial charge on any atom is 0.246 e. The van der Waals surface area contributed by atoms with E-state index in [0.29, 0.717) is 17.9 Å². The van der Waals surface area contributed by atoms with Crippen LogP contribution in [-0.4, -0.2) is 33.0 Å². The van der Waals surface area contributed by atoms with Gasteiger partial charge in [0.05, 0.1) is 11.6 Å². The van der Waals surface area contributed by atoms with Crippen LogP contribution < -0.4 is 0 Å². The van der Waals surface area contributed by atoms with E-state index in [9.17, 15) is 9.18 Å². The molecule has 104 valence electrons. The predicted octanol–water partition coefficient (Wildman–Crippen LogP) is 2.27. The third-order valence-corrected chi connectivity index (χ3v) is 2.88. The number of carbonyl (C=O) groups is 1. The van der Waals surface area contributed by atoms with E-state index in [4.69, 9.17) is 11.6 Å². The normalized spacial score (nSPS) is 10.9. The highest BCUT2D eigenvalue weighted by molar-refractivity contribution is 6.30. The van der Waals surface area contributed by atoms with Gasteiger partial charge in [0.2, 0.25) is 5.91 Å². The lowest BCUT2D eigenvalue weighted by Gasteiger charge is -2.12. The zero-order valence-electron chi connectivity index (χ0n) is 10.7. The molecule has 1 N–H and O–H groups in total. The predicted molar refractivity (Wildman–Crippen MR) is 73.3 cm³/mol. The van der Waals surface area contributed by atoms with E-state index >= 15 is 0 Å². The molecular formula is C13H12ClFN4O. The summed E-state index contributed by atoms with van der Waals surface area (Å²) in [5.41, 5.74) is 0.651. The summed E-state index contributed by atoms with van der Waals surface area (Å²) < 4.78 is 13.0. The van der Waals surface area contributed by atoms with E-state index in [1.165, 1.54) is 29.4 Å². The fourth-order valence-corrected chi connectivity index (χ4v) is 1.71. The van der Waals surface area contributed by atoms with Crippen molar-refractivity contribution >= 4 is 23.6 Å². The molecule has 20 heavy (non-hydrogen) atoms. The second-order valence-electron chi connectivity index (χ2n) is 4.13. The molecule has 1 amide bonds. The number of rotatable bonds is 4. The Balaban J connectivity index is 1.99. The van der Waals surface area contributed by atoms with Crippen molar-refractivity contribution in [2.45, 2.75) is 6.54 Å². The Hall–Kier alpha value is -2.21. The Morgan fingerprint density at radius 1 is 1.55 bits per heavy atom. The zero-order valence-corrected chi connectivity index (χ0v) is 11.4. The van der Waals surface area contributed by atoms with Gasteiger partial charge in [-0.1, -0.05) is 17.7 Å². The van der Waals surface area contributed by atoms with E-state index in [1.54, 1.807) is 19.2 Å². The van der Waals surface area contributed by atoms with Crippen molar-refractivity contribution in [1.29, 1.82) is 0 Å². The number of hydrogen-bond acceptors (Lipinski definition) is 3. The summed E-state index contributed by atoms with van der Waals surface area (Å²) in [6.07, 6.45) is 4.34. The Morgan fingerprint density at radius 2 is 2.35 bits per heavy atom. The second-order valence-corrected chi connectivity index (χ2v) is 4.54. The summed E-state index contributed by atoms with van der Waals surface area (Å²) in [5.74, 6) is -0.0986. The molecule has 2 rings (SSSR count). The number of aromatic amines is 1. The summed E-state index contributed by atoms with van der Waals surface area (Å²) in [4.78, 5) is 17.3. The SMILES string of the molecule is CN(Cc1ncn[nH]1)C(=O)C=Cc1ccc(F)c(Cl)c1. The summed E-state index contributed by atoms with van der Waals surface area (Å²) in [6, 6.07) is 4.25. The van der Waals surface area contributed by atoms with Crippen molar-refractivity contribution in [3.8, 4) is 0 Å². The van der Waals surface area contributed by atoms with Gasteiger partial charge in [0.15, 0.2) is 0 Å². The quantitative estimate of drug-likeness (QED) is 0.880. The van der Waals surface area contributed by atoms with Crippen LogP contribution in [0.4, 0.5) is 4.39 Å². The van der Waals surface area contributed by atoms with Crippen molar-refractivity contribution in [1.82, 2.24) is 20.1 Å². The summed E-state index contributed by atoms with van der Waals surface area (Å²) in [7, 11) is 1.65. The monoisotopic (exact) mass is 294 g/mol. The molecule has 0 aliphatic carbocycles. The van der Waals surface area contributed by atoms with Gasteiger partial charge in [0.1, 0.15) is 18.0 Å². The van der Waals surface area contributed by atoms with Gasteiger partial charge in [-0.3, -0.25) is 9.89 Å². The van der Waals surface area contributed by atoms with Crippen LogP contribution in [-0.2, 0) is 11.3 Å². The average Bonchev–Trinajstić information content (AvgIpc) is 2.92. The molecule has 7 heteroatoms. The van der Waals surface area contributed by atoms with Gasteiger partial charge < -0.3 is 4.90 Å². The van der Waals surface area contributed by atoms with Crippen molar-refractivity contribution in [3.05, 3.63) is 52.8 Å². The first-order chi connectivity index (χ1) is 9.56. The third-order valence-electron chi connectivity index (χ3n) is 2.59. The van der Waals surface area contributed by atoms with Crippen LogP contribution in [0, 0.1) is 5.82 Å². The Morgan fingerprint density at radius 3 is 3.00 bits per heavy atom. The molecule has 0 fully saturated rings. The molecule has 0 saturated heterocycles. The number of H-pyrrole nitrogens is 1. The van der Waals surface area contributed by atoms with Crippen molar-refractivity contribution in [3.63, 3.8) is 0 Å². The zero-order chi connectivity index (χ0) is 14.5. The number of nitrogens with zero attached hydrogens (tertiary/aromatic N) is 3. The highest BCUT2D eigenvalue weighted by atomic mass is 35.5. The summed E-state index contributed by atoms with van der Waals surface area (Å²) in [6.45, 7) is 0.327. The first-order valence-corrected chi connectivity index (χ1v) is 6.16. The number of halogens is 2. The van der Waals surface area contributed by atoms with Gasteiger partial charge in [-0.25, -0.2) is 9.37 Å². The molecule has 2 aromatic rings. The highest BCUT2D eigenvalue weighted by Crippen LogP contribution is 2.16. The Kier molecular flexibility index (Phi) is 4.47. The Labute approximate surface area is 120 Å². The van der Waals surface area contributed by atoms with E-state index in [-0.39, 0.29) is 10.9 Å². The molecule has 0 bridgehead atoms. The summed E-state index contributed by atoms with van der Waals surface area (Å²) >= 11 is 5.66. The minimum absolute atomic E-state index is 0.0228. The maximum absolute atomic E-state index is 13.0. The maximum atomic E-state index is 13.0. The first kappa shape index (κ1) is 14.2. The third kappa shape index (κ3) is 3.64. The van der Waals surface area contributed by atoms with Crippen molar-refractivity contribution < 1.29 is 9.18 Å². The lowest BCUT2D eigenvalue weighted by atomic mass is 10.2. The van der Waals surface area contributed by atoms with E-state index in [2.05, 4.69) is 15.2 Å². The van der Waals surface area contributed by atoms with E-state index in [1.807, 2.05) is 0 Å². The molecule has 0 aliphatic rings. The van der Waals surface area contributed by atoms with Gasteiger partial charge in [-0.15, -0.1) is 0 Å². The van der Waals surface area contributed by atoms with Crippen LogP contribution in [0.2, 0.25) is 5.02 Å². The summed E-state index contributed by atoms with van der Waals surface area (Å²) in [5, 5.41) is 6.40. The lowest BCUT2D eigenvalue weighted by Crippen LogP contribution is -2.24. The van der Waals surface area contributed by atoms with Crippen LogP contribution in [0.15, 0.2) is 30.6 Å². The molecule has 0 saturated carbocycles. The topological polar surface area (TPSA) is 61.9 Å². The van der Waals surface area contributed by atoms with E-state index < -0.39 is 5.82 Å². The molecule has 0 unspecified atom stereocenters. The molecule has 1 heterocycles. The standard InChI is InChI=1S/C13H12ClFN4O/c1-19(7-12-16-8-17-18-12)13(20)5-3-9-2-4-11(15)10(14)6-9/h2-6,8H,7H2,1H3,(H,16,17,18). The average molecular weight is 295 g/mol. The van der Waals surface area contributed by atoms with E-state index in [0.717, 1.165) is 0 Å². The number of likely N-dealkylation sites (N-methyl/N-ethyl adjacent to an activating group) is 1. The lowest BCUT2D eigenvalue weighted by molar-refractivity contribution is -0.125. The second kappa shape index (κ2) is 6.29. The minimum Gasteiger partial charge on any atom is -0.335 e. The number of nitrogens with one attached hydrogen (secondary N) is 1. The number of carbonyl (C=O) groups excluding carboxylic acids is 1. The molecular weight excluding hydrogens is 283 g/mol. The molecule has 0 radical (unpaired) electrons. The minimum atomic E-state index is -0.488. The first-order valence-electron chi connectivity index (χ1n) is 5.79. The fourth-order valence-electron chi connectivity index (χ4n) is 1.52. The van der Waals surface area contributed by atoms with Crippen LogP contribution in [0.1, 0.15) is 11.4 Å². The Bertz CT molecular complexity index is 627. The van der Waals surface area contributed by atoms with Crippen molar-refractivity contribution in [2.24, 2.45) is 0 Å². The number of aromatic nitrogens is 3. The van der Waals surface area contributed by atoms with Gasteiger partial charge in [0, 0.05) is 13.1 Å². The van der Waals surface area contributed by atoms with Crippen LogP contribution in [0.25, 0.3) is 6.08 Å². The van der Waals surface area contributed by atoms with Crippen molar-refractivity contribution in [2.75, 3.05) is 7.05 Å². The number of benzene rings is 1. The molecule has 0 aliphatic heterocycles. The van der Waals surface area contributed by atoms with Crippen LogP contribution in [0.3, 0.4) is 0 Å².